The van der Waals surface area contributed by atoms with Crippen LogP contribution in [0.25, 0.3) is 11.1 Å². The molecule has 3 nitrogen and oxygen atoms in total. The number of carbonyl (C=O) groups excluding carboxylic acids is 1. The SMILES string of the molecule is O=C(CSc1nc2ccccc2o1)c1ccccc1Cl. The van der Waals surface area contributed by atoms with Crippen LogP contribution in [0, 0.1) is 0 Å². The molecule has 0 spiro atoms. The summed E-state index contributed by atoms with van der Waals surface area (Å²) < 4.78 is 5.55. The van der Waals surface area contributed by atoms with E-state index in [4.69, 9.17) is 16.0 Å². The first-order valence-corrected chi connectivity index (χ1v) is 7.36. The van der Waals surface area contributed by atoms with E-state index in [1.165, 1.54) is 11.8 Å². The van der Waals surface area contributed by atoms with Crippen LogP contribution in [0.15, 0.2) is 58.2 Å². The zero-order chi connectivity index (χ0) is 13.9. The van der Waals surface area contributed by atoms with Gasteiger partial charge in [0.1, 0.15) is 5.52 Å². The minimum absolute atomic E-state index is 0.0390. The van der Waals surface area contributed by atoms with Crippen LogP contribution < -0.4 is 0 Å². The number of oxazole rings is 1. The first kappa shape index (κ1) is 13.2. The quantitative estimate of drug-likeness (QED) is 0.527. The summed E-state index contributed by atoms with van der Waals surface area (Å²) in [6, 6.07) is 14.5. The Kier molecular flexibility index (Phi) is 3.76. The Hall–Kier alpha value is -1.78. The summed E-state index contributed by atoms with van der Waals surface area (Å²) >= 11 is 7.27. The lowest BCUT2D eigenvalue weighted by Gasteiger charge is -2.01. The molecule has 0 atom stereocenters. The molecule has 0 N–H and O–H groups in total. The van der Waals surface area contributed by atoms with E-state index < -0.39 is 0 Å². The number of thioether (sulfide) groups is 1. The van der Waals surface area contributed by atoms with Crippen molar-refractivity contribution in [1.29, 1.82) is 0 Å². The van der Waals surface area contributed by atoms with Crippen LogP contribution in [0.4, 0.5) is 0 Å². The highest BCUT2D eigenvalue weighted by atomic mass is 35.5. The second kappa shape index (κ2) is 5.69. The molecule has 0 unspecified atom stereocenters. The summed E-state index contributed by atoms with van der Waals surface area (Å²) in [5.74, 6) is 0.208. The highest BCUT2D eigenvalue weighted by Crippen LogP contribution is 2.25. The van der Waals surface area contributed by atoms with Crippen LogP contribution in [-0.4, -0.2) is 16.5 Å². The number of carbonyl (C=O) groups is 1. The number of ketones is 1. The number of benzene rings is 2. The van der Waals surface area contributed by atoms with Crippen molar-refractivity contribution in [2.75, 3.05) is 5.75 Å². The Bertz CT molecular complexity index is 736. The number of fused-ring (bicyclic) bond motifs is 1. The van der Waals surface area contributed by atoms with Gasteiger partial charge < -0.3 is 4.42 Å². The molecule has 0 fully saturated rings. The third-order valence-electron chi connectivity index (χ3n) is 2.78. The largest absolute Gasteiger partial charge is 0.431 e. The average molecular weight is 304 g/mol. The smallest absolute Gasteiger partial charge is 0.257 e. The molecule has 2 aromatic carbocycles. The molecule has 0 saturated heterocycles. The Morgan fingerprint density at radius 1 is 1.15 bits per heavy atom. The Labute approximate surface area is 125 Å². The van der Waals surface area contributed by atoms with Crippen molar-refractivity contribution >= 4 is 40.2 Å². The number of rotatable bonds is 4. The number of aromatic nitrogens is 1. The fraction of sp³-hybridized carbons (Fsp3) is 0.0667. The van der Waals surface area contributed by atoms with Crippen molar-refractivity contribution in [3.8, 4) is 0 Å². The molecule has 0 radical (unpaired) electrons. The maximum Gasteiger partial charge on any atom is 0.257 e. The third-order valence-corrected chi connectivity index (χ3v) is 3.93. The molecule has 3 aromatic rings. The first-order valence-electron chi connectivity index (χ1n) is 6.00. The van der Waals surface area contributed by atoms with Crippen molar-refractivity contribution in [1.82, 2.24) is 4.98 Å². The number of hydrogen-bond donors (Lipinski definition) is 0. The fourth-order valence-electron chi connectivity index (χ4n) is 1.81. The van der Waals surface area contributed by atoms with E-state index in [0.717, 1.165) is 11.1 Å². The summed E-state index contributed by atoms with van der Waals surface area (Å²) in [5, 5.41) is 0.960. The molecule has 0 saturated carbocycles. The van der Waals surface area contributed by atoms with Gasteiger partial charge in [0.25, 0.3) is 5.22 Å². The molecule has 0 amide bonds. The molecule has 20 heavy (non-hydrogen) atoms. The number of hydrogen-bond acceptors (Lipinski definition) is 4. The van der Waals surface area contributed by atoms with Crippen molar-refractivity contribution in [3.05, 3.63) is 59.1 Å². The van der Waals surface area contributed by atoms with E-state index in [1.807, 2.05) is 24.3 Å². The Balaban J connectivity index is 1.73. The van der Waals surface area contributed by atoms with E-state index in [9.17, 15) is 4.79 Å². The lowest BCUT2D eigenvalue weighted by atomic mass is 10.1. The topological polar surface area (TPSA) is 43.1 Å². The maximum absolute atomic E-state index is 12.1. The lowest BCUT2D eigenvalue weighted by molar-refractivity contribution is 0.102. The van der Waals surface area contributed by atoms with Gasteiger partial charge >= 0.3 is 0 Å². The molecule has 0 aliphatic carbocycles. The first-order chi connectivity index (χ1) is 9.74. The van der Waals surface area contributed by atoms with E-state index in [1.54, 1.807) is 24.3 Å². The predicted octanol–water partition coefficient (Wildman–Crippen LogP) is 4.46. The second-order valence-corrected chi connectivity index (χ2v) is 5.47. The van der Waals surface area contributed by atoms with Gasteiger partial charge in [-0.15, -0.1) is 0 Å². The molecule has 1 heterocycles. The van der Waals surface area contributed by atoms with Gasteiger partial charge in [0.05, 0.1) is 10.8 Å². The van der Waals surface area contributed by atoms with Crippen LogP contribution in [0.2, 0.25) is 5.02 Å². The summed E-state index contributed by atoms with van der Waals surface area (Å²) in [4.78, 5) is 16.4. The molecule has 5 heteroatoms. The average Bonchev–Trinajstić information content (AvgIpc) is 2.88. The Morgan fingerprint density at radius 3 is 2.70 bits per heavy atom. The van der Waals surface area contributed by atoms with Gasteiger partial charge in [-0.2, -0.15) is 0 Å². The van der Waals surface area contributed by atoms with E-state index in [0.29, 0.717) is 15.8 Å². The monoisotopic (exact) mass is 303 g/mol. The van der Waals surface area contributed by atoms with Gasteiger partial charge in [0.15, 0.2) is 11.4 Å². The molecule has 0 aliphatic heterocycles. The lowest BCUT2D eigenvalue weighted by Crippen LogP contribution is -2.02. The number of para-hydroxylation sites is 2. The fourth-order valence-corrected chi connectivity index (χ4v) is 2.77. The minimum atomic E-state index is -0.0390. The van der Waals surface area contributed by atoms with Crippen LogP contribution in [0.5, 0.6) is 0 Å². The number of Topliss-reactive ketones (excluding diaryl/α,β-unsaturated/α-hetero) is 1. The normalized spacial score (nSPS) is 10.8. The van der Waals surface area contributed by atoms with Crippen LogP contribution in [0.1, 0.15) is 10.4 Å². The zero-order valence-corrected chi connectivity index (χ0v) is 11.9. The molecular weight excluding hydrogens is 294 g/mol. The van der Waals surface area contributed by atoms with E-state index in [2.05, 4.69) is 4.98 Å². The summed E-state index contributed by atoms with van der Waals surface area (Å²) in [6.07, 6.45) is 0. The van der Waals surface area contributed by atoms with Gasteiger partial charge in [0, 0.05) is 5.56 Å². The summed E-state index contributed by atoms with van der Waals surface area (Å²) in [5.41, 5.74) is 2.04. The third kappa shape index (κ3) is 2.71. The minimum Gasteiger partial charge on any atom is -0.431 e. The number of nitrogens with zero attached hydrogens (tertiary/aromatic N) is 1. The predicted molar refractivity (Wildman–Crippen MR) is 80.5 cm³/mol. The van der Waals surface area contributed by atoms with Gasteiger partial charge in [-0.05, 0) is 24.3 Å². The maximum atomic E-state index is 12.1. The van der Waals surface area contributed by atoms with Crippen molar-refractivity contribution in [2.45, 2.75) is 5.22 Å². The highest BCUT2D eigenvalue weighted by molar-refractivity contribution is 7.99. The van der Waals surface area contributed by atoms with E-state index >= 15 is 0 Å². The van der Waals surface area contributed by atoms with Crippen molar-refractivity contribution < 1.29 is 9.21 Å². The van der Waals surface area contributed by atoms with Crippen molar-refractivity contribution in [2.24, 2.45) is 0 Å². The molecule has 0 bridgehead atoms. The zero-order valence-electron chi connectivity index (χ0n) is 10.4. The molecule has 0 aliphatic rings. The second-order valence-electron chi connectivity index (χ2n) is 4.14. The number of halogens is 1. The standard InChI is InChI=1S/C15H10ClNO2S/c16-11-6-2-1-5-10(11)13(18)9-20-15-17-12-7-3-4-8-14(12)19-15/h1-8H,9H2. The molecular formula is C15H10ClNO2S. The van der Waals surface area contributed by atoms with Crippen LogP contribution >= 0.6 is 23.4 Å². The van der Waals surface area contributed by atoms with Crippen molar-refractivity contribution in [3.63, 3.8) is 0 Å². The van der Waals surface area contributed by atoms with Gasteiger partial charge in [-0.1, -0.05) is 47.6 Å². The van der Waals surface area contributed by atoms with Crippen LogP contribution in [0.3, 0.4) is 0 Å². The van der Waals surface area contributed by atoms with E-state index in [-0.39, 0.29) is 11.5 Å². The highest BCUT2D eigenvalue weighted by Gasteiger charge is 2.12. The van der Waals surface area contributed by atoms with Gasteiger partial charge in [-0.25, -0.2) is 4.98 Å². The Morgan fingerprint density at radius 2 is 1.90 bits per heavy atom. The van der Waals surface area contributed by atoms with Gasteiger partial charge in [0.2, 0.25) is 0 Å². The van der Waals surface area contributed by atoms with Crippen LogP contribution in [-0.2, 0) is 0 Å². The molecule has 100 valence electrons. The molecule has 1 aromatic heterocycles. The summed E-state index contributed by atoms with van der Waals surface area (Å²) in [7, 11) is 0. The summed E-state index contributed by atoms with van der Waals surface area (Å²) in [6.45, 7) is 0. The molecule has 3 rings (SSSR count). The van der Waals surface area contributed by atoms with Gasteiger partial charge in [-0.3, -0.25) is 4.79 Å².